The molecule has 0 aromatic heterocycles. The fourth-order valence-corrected chi connectivity index (χ4v) is 2.58. The van der Waals surface area contributed by atoms with Gasteiger partial charge >= 0.3 is 0 Å². The normalized spacial score (nSPS) is 13.0. The number of carbonyl (C=O) groups is 1. The predicted octanol–water partition coefficient (Wildman–Crippen LogP) is 2.20. The summed E-state index contributed by atoms with van der Waals surface area (Å²) in [6.45, 7) is 6.81. The molecule has 0 saturated carbocycles. The van der Waals surface area contributed by atoms with Gasteiger partial charge in [-0.05, 0) is 56.2 Å². The Balaban J connectivity index is 1.71. The second-order valence-electron chi connectivity index (χ2n) is 6.69. The lowest BCUT2D eigenvalue weighted by atomic mass is 10.1. The Labute approximate surface area is 160 Å². The number of aliphatic hydroxyl groups excluding tert-OH is 1. The van der Waals surface area contributed by atoms with E-state index in [1.54, 1.807) is 18.2 Å². The highest BCUT2D eigenvalue weighted by Gasteiger charge is 2.10. The molecule has 27 heavy (non-hydrogen) atoms. The molecule has 0 bridgehead atoms. The minimum atomic E-state index is -0.621. The SMILES string of the molecule is Cc1ccccc1OCC(O)CNC(C)COc1ccc(C(N)=O)c(C)c1. The van der Waals surface area contributed by atoms with E-state index in [1.807, 2.05) is 45.0 Å². The van der Waals surface area contributed by atoms with Crippen LogP contribution in [0.4, 0.5) is 0 Å². The first-order valence-electron chi connectivity index (χ1n) is 9.00. The van der Waals surface area contributed by atoms with Gasteiger partial charge in [0.25, 0.3) is 0 Å². The fourth-order valence-electron chi connectivity index (χ4n) is 2.58. The van der Waals surface area contributed by atoms with Gasteiger partial charge in [-0.2, -0.15) is 0 Å². The number of rotatable bonds is 10. The Morgan fingerprint density at radius 1 is 1.11 bits per heavy atom. The van der Waals surface area contributed by atoms with Crippen LogP contribution in [0.25, 0.3) is 0 Å². The predicted molar refractivity (Wildman–Crippen MR) is 105 cm³/mol. The van der Waals surface area contributed by atoms with Crippen molar-refractivity contribution in [2.75, 3.05) is 19.8 Å². The van der Waals surface area contributed by atoms with Crippen molar-refractivity contribution >= 4 is 5.91 Å². The maximum Gasteiger partial charge on any atom is 0.248 e. The van der Waals surface area contributed by atoms with Gasteiger partial charge in [-0.3, -0.25) is 4.79 Å². The number of carbonyl (C=O) groups excluding carboxylic acids is 1. The van der Waals surface area contributed by atoms with Crippen molar-refractivity contribution in [3.63, 3.8) is 0 Å². The molecule has 0 aliphatic rings. The van der Waals surface area contributed by atoms with Gasteiger partial charge < -0.3 is 25.6 Å². The molecule has 1 amide bonds. The summed E-state index contributed by atoms with van der Waals surface area (Å²) in [5.41, 5.74) is 7.61. The summed E-state index contributed by atoms with van der Waals surface area (Å²) in [4.78, 5) is 11.2. The van der Waals surface area contributed by atoms with Crippen molar-refractivity contribution < 1.29 is 19.4 Å². The summed E-state index contributed by atoms with van der Waals surface area (Å²) in [7, 11) is 0. The maximum atomic E-state index is 11.2. The van der Waals surface area contributed by atoms with Crippen LogP contribution in [0.3, 0.4) is 0 Å². The van der Waals surface area contributed by atoms with Gasteiger partial charge in [0.15, 0.2) is 0 Å². The summed E-state index contributed by atoms with van der Waals surface area (Å²) in [5, 5.41) is 13.3. The van der Waals surface area contributed by atoms with Gasteiger partial charge in [-0.25, -0.2) is 0 Å². The number of amides is 1. The topological polar surface area (TPSA) is 93.8 Å². The number of aliphatic hydroxyl groups is 1. The first-order valence-corrected chi connectivity index (χ1v) is 9.00. The average Bonchev–Trinajstić information content (AvgIpc) is 2.63. The van der Waals surface area contributed by atoms with E-state index in [0.29, 0.717) is 24.5 Å². The summed E-state index contributed by atoms with van der Waals surface area (Å²) >= 11 is 0. The van der Waals surface area contributed by atoms with Crippen LogP contribution in [-0.4, -0.2) is 42.9 Å². The van der Waals surface area contributed by atoms with Crippen LogP contribution in [0, 0.1) is 13.8 Å². The highest BCUT2D eigenvalue weighted by molar-refractivity contribution is 5.94. The number of nitrogens with one attached hydrogen (secondary N) is 1. The fraction of sp³-hybridized carbons (Fsp3) is 0.381. The van der Waals surface area contributed by atoms with Crippen LogP contribution in [-0.2, 0) is 0 Å². The number of ether oxygens (including phenoxy) is 2. The molecule has 2 unspecified atom stereocenters. The molecule has 0 radical (unpaired) electrons. The Morgan fingerprint density at radius 2 is 1.85 bits per heavy atom. The molecule has 0 heterocycles. The van der Waals surface area contributed by atoms with Crippen LogP contribution in [0.15, 0.2) is 42.5 Å². The molecule has 6 nitrogen and oxygen atoms in total. The lowest BCUT2D eigenvalue weighted by Gasteiger charge is -2.19. The molecule has 2 rings (SSSR count). The van der Waals surface area contributed by atoms with E-state index >= 15 is 0 Å². The Morgan fingerprint density at radius 3 is 2.52 bits per heavy atom. The number of aryl methyl sites for hydroxylation is 2. The summed E-state index contributed by atoms with van der Waals surface area (Å²) in [6.07, 6.45) is -0.621. The molecule has 2 aromatic carbocycles. The van der Waals surface area contributed by atoms with Crippen LogP contribution in [0.1, 0.15) is 28.4 Å². The van der Waals surface area contributed by atoms with Gasteiger partial charge in [0.2, 0.25) is 5.91 Å². The molecule has 0 aliphatic carbocycles. The standard InChI is InChI=1S/C21H28N2O4/c1-14-6-4-5-7-20(14)27-13-17(24)11-23-16(3)12-26-18-8-9-19(21(22)25)15(2)10-18/h4-10,16-17,23-24H,11-13H2,1-3H3,(H2,22,25). The van der Waals surface area contributed by atoms with Gasteiger partial charge in [0, 0.05) is 18.2 Å². The summed E-state index contributed by atoms with van der Waals surface area (Å²) < 4.78 is 11.4. The third-order valence-corrected chi connectivity index (χ3v) is 4.19. The van der Waals surface area contributed by atoms with Crippen LogP contribution < -0.4 is 20.5 Å². The zero-order chi connectivity index (χ0) is 19.8. The number of hydrogen-bond acceptors (Lipinski definition) is 5. The van der Waals surface area contributed by atoms with Crippen molar-refractivity contribution in [1.29, 1.82) is 0 Å². The molecule has 0 spiro atoms. The first-order chi connectivity index (χ1) is 12.9. The molecule has 0 fully saturated rings. The second kappa shape index (κ2) is 9.94. The van der Waals surface area contributed by atoms with Crippen molar-refractivity contribution in [2.24, 2.45) is 5.73 Å². The molecule has 6 heteroatoms. The minimum Gasteiger partial charge on any atom is -0.492 e. The van der Waals surface area contributed by atoms with Crippen molar-refractivity contribution in [3.8, 4) is 11.5 Å². The summed E-state index contributed by atoms with van der Waals surface area (Å²) in [5.74, 6) is 1.01. The molecule has 0 aliphatic heterocycles. The Hall–Kier alpha value is -2.57. The average molecular weight is 372 g/mol. The van der Waals surface area contributed by atoms with Gasteiger partial charge in [-0.1, -0.05) is 18.2 Å². The molecule has 146 valence electrons. The second-order valence-corrected chi connectivity index (χ2v) is 6.69. The van der Waals surface area contributed by atoms with E-state index in [9.17, 15) is 9.90 Å². The lowest BCUT2D eigenvalue weighted by molar-refractivity contribution is 0.0999. The summed E-state index contributed by atoms with van der Waals surface area (Å²) in [6, 6.07) is 12.9. The van der Waals surface area contributed by atoms with E-state index in [2.05, 4.69) is 5.32 Å². The largest absolute Gasteiger partial charge is 0.492 e. The van der Waals surface area contributed by atoms with E-state index in [-0.39, 0.29) is 12.6 Å². The maximum absolute atomic E-state index is 11.2. The minimum absolute atomic E-state index is 0.0363. The number of nitrogens with two attached hydrogens (primary N) is 1. The molecule has 4 N–H and O–H groups in total. The van der Waals surface area contributed by atoms with E-state index in [0.717, 1.165) is 16.9 Å². The molecule has 0 saturated heterocycles. The van der Waals surface area contributed by atoms with Crippen molar-refractivity contribution in [1.82, 2.24) is 5.32 Å². The van der Waals surface area contributed by atoms with Crippen LogP contribution in [0.2, 0.25) is 0 Å². The molecule has 2 atom stereocenters. The van der Waals surface area contributed by atoms with E-state index in [1.165, 1.54) is 0 Å². The zero-order valence-electron chi connectivity index (χ0n) is 16.1. The van der Waals surface area contributed by atoms with Gasteiger partial charge in [0.1, 0.15) is 30.8 Å². The third-order valence-electron chi connectivity index (χ3n) is 4.19. The highest BCUT2D eigenvalue weighted by atomic mass is 16.5. The quantitative estimate of drug-likeness (QED) is 0.594. The highest BCUT2D eigenvalue weighted by Crippen LogP contribution is 2.17. The Bertz CT molecular complexity index is 764. The van der Waals surface area contributed by atoms with E-state index < -0.39 is 12.0 Å². The van der Waals surface area contributed by atoms with Gasteiger partial charge in [-0.15, -0.1) is 0 Å². The molecular formula is C21H28N2O4. The molecule has 2 aromatic rings. The Kier molecular flexibility index (Phi) is 7.64. The molecular weight excluding hydrogens is 344 g/mol. The number of para-hydroxylation sites is 1. The number of primary amides is 1. The van der Waals surface area contributed by atoms with Crippen LogP contribution >= 0.6 is 0 Å². The number of hydrogen-bond donors (Lipinski definition) is 3. The zero-order valence-corrected chi connectivity index (χ0v) is 16.1. The van der Waals surface area contributed by atoms with Crippen molar-refractivity contribution in [3.05, 3.63) is 59.2 Å². The lowest BCUT2D eigenvalue weighted by Crippen LogP contribution is -2.39. The van der Waals surface area contributed by atoms with Crippen molar-refractivity contribution in [2.45, 2.75) is 32.9 Å². The number of benzene rings is 2. The smallest absolute Gasteiger partial charge is 0.248 e. The third kappa shape index (κ3) is 6.58. The van der Waals surface area contributed by atoms with E-state index in [4.69, 9.17) is 15.2 Å². The first kappa shape index (κ1) is 20.7. The van der Waals surface area contributed by atoms with Gasteiger partial charge in [0.05, 0.1) is 0 Å². The monoisotopic (exact) mass is 372 g/mol. The van der Waals surface area contributed by atoms with Crippen LogP contribution in [0.5, 0.6) is 11.5 Å².